The van der Waals surface area contributed by atoms with Crippen molar-refractivity contribution in [3.63, 3.8) is 0 Å². The van der Waals surface area contributed by atoms with E-state index in [1.807, 2.05) is 48.2 Å². The number of nitrogens with zero attached hydrogens (tertiary/aromatic N) is 1. The number of carbonyl (C=O) groups is 1. The monoisotopic (exact) mass is 464 g/mol. The molecule has 1 N–H and O–H groups in total. The second-order valence-corrected chi connectivity index (χ2v) is 10.0. The zero-order chi connectivity index (χ0) is 23.4. The van der Waals surface area contributed by atoms with E-state index in [9.17, 15) is 13.2 Å². The van der Waals surface area contributed by atoms with Crippen LogP contribution in [0.4, 0.5) is 5.69 Å². The Morgan fingerprint density at radius 2 is 1.79 bits per heavy atom. The fraction of sp³-hybridized carbons (Fsp3) is 0.269. The molecule has 0 bridgehead atoms. The Morgan fingerprint density at radius 3 is 2.48 bits per heavy atom. The van der Waals surface area contributed by atoms with Gasteiger partial charge in [-0.1, -0.05) is 29.8 Å². The second kappa shape index (κ2) is 9.67. The van der Waals surface area contributed by atoms with Crippen LogP contribution in [0.3, 0.4) is 0 Å². The van der Waals surface area contributed by atoms with Crippen LogP contribution in [0.15, 0.2) is 77.7 Å². The molecule has 172 valence electrons. The first-order chi connectivity index (χ1) is 15.9. The van der Waals surface area contributed by atoms with Crippen molar-refractivity contribution in [3.8, 4) is 5.75 Å². The van der Waals surface area contributed by atoms with E-state index >= 15 is 0 Å². The highest BCUT2D eigenvalue weighted by Gasteiger charge is 2.29. The molecular weight excluding hydrogens is 436 g/mol. The molecule has 1 aliphatic heterocycles. The third-order valence-electron chi connectivity index (χ3n) is 5.96. The number of ether oxygens (including phenoxy) is 1. The molecule has 1 heterocycles. The Morgan fingerprint density at radius 1 is 1.06 bits per heavy atom. The number of aryl methyl sites for hydroxylation is 1. The van der Waals surface area contributed by atoms with Crippen LogP contribution in [0, 0.1) is 6.92 Å². The summed E-state index contributed by atoms with van der Waals surface area (Å²) in [6.07, 6.45) is 2.65. The lowest BCUT2D eigenvalue weighted by Crippen LogP contribution is -2.36. The van der Waals surface area contributed by atoms with Crippen molar-refractivity contribution in [1.29, 1.82) is 0 Å². The Hall–Kier alpha value is -3.32. The summed E-state index contributed by atoms with van der Waals surface area (Å²) >= 11 is 0. The highest BCUT2D eigenvalue weighted by Crippen LogP contribution is 2.25. The van der Waals surface area contributed by atoms with Gasteiger partial charge >= 0.3 is 0 Å². The largest absolute Gasteiger partial charge is 0.497 e. The highest BCUT2D eigenvalue weighted by atomic mass is 32.2. The van der Waals surface area contributed by atoms with E-state index in [0.29, 0.717) is 17.8 Å². The van der Waals surface area contributed by atoms with Gasteiger partial charge in [0.1, 0.15) is 5.75 Å². The van der Waals surface area contributed by atoms with Gasteiger partial charge in [-0.15, -0.1) is 0 Å². The van der Waals surface area contributed by atoms with E-state index in [1.165, 1.54) is 12.1 Å². The van der Waals surface area contributed by atoms with E-state index in [2.05, 4.69) is 4.72 Å². The minimum Gasteiger partial charge on any atom is -0.497 e. The number of hydrogen-bond donors (Lipinski definition) is 1. The summed E-state index contributed by atoms with van der Waals surface area (Å²) in [5.74, 6) is 0.732. The Balaban J connectivity index is 1.46. The normalized spacial score (nSPS) is 15.9. The summed E-state index contributed by atoms with van der Waals surface area (Å²) in [7, 11) is -2.09. The maximum atomic E-state index is 13.2. The molecule has 3 aromatic carbocycles. The van der Waals surface area contributed by atoms with Crippen molar-refractivity contribution >= 4 is 21.6 Å². The quantitative estimate of drug-likeness (QED) is 0.552. The predicted octanol–water partition coefficient (Wildman–Crippen LogP) is 4.65. The zero-order valence-corrected chi connectivity index (χ0v) is 19.6. The van der Waals surface area contributed by atoms with Gasteiger partial charge in [-0.25, -0.2) is 8.42 Å². The molecule has 1 fully saturated rings. The first kappa shape index (κ1) is 22.9. The SMILES string of the molecule is COc1cccc(CC2CCCN2C(=O)c2ccc(S(=O)(=O)Nc3ccc(C)cc3)cc2)c1. The van der Waals surface area contributed by atoms with E-state index < -0.39 is 10.0 Å². The number of likely N-dealkylation sites (tertiary alicyclic amines) is 1. The summed E-state index contributed by atoms with van der Waals surface area (Å²) in [6.45, 7) is 2.64. The van der Waals surface area contributed by atoms with Crippen LogP contribution in [0.25, 0.3) is 0 Å². The summed E-state index contributed by atoms with van der Waals surface area (Å²) < 4.78 is 33.3. The summed E-state index contributed by atoms with van der Waals surface area (Å²) in [5, 5.41) is 0. The molecule has 4 rings (SSSR count). The molecule has 1 atom stereocenters. The number of methoxy groups -OCH3 is 1. The van der Waals surface area contributed by atoms with Gasteiger partial charge in [0.25, 0.3) is 15.9 Å². The van der Waals surface area contributed by atoms with Crippen molar-refractivity contribution in [1.82, 2.24) is 4.90 Å². The summed E-state index contributed by atoms with van der Waals surface area (Å²) in [6, 6.07) is 21.3. The zero-order valence-electron chi connectivity index (χ0n) is 18.8. The van der Waals surface area contributed by atoms with Gasteiger partial charge in [-0.3, -0.25) is 9.52 Å². The molecule has 7 heteroatoms. The number of rotatable bonds is 7. The first-order valence-electron chi connectivity index (χ1n) is 11.0. The lowest BCUT2D eigenvalue weighted by atomic mass is 10.0. The molecule has 0 radical (unpaired) electrons. The number of sulfonamides is 1. The summed E-state index contributed by atoms with van der Waals surface area (Å²) in [4.78, 5) is 15.2. The third kappa shape index (κ3) is 5.37. The van der Waals surface area contributed by atoms with Crippen molar-refractivity contribution in [2.24, 2.45) is 0 Å². The first-order valence-corrected chi connectivity index (χ1v) is 12.5. The maximum absolute atomic E-state index is 13.2. The van der Waals surface area contributed by atoms with Gasteiger partial charge in [0.05, 0.1) is 12.0 Å². The standard InChI is InChI=1S/C26H28N2O4S/c1-19-8-12-22(13-9-19)27-33(30,31)25-14-10-21(11-15-25)26(29)28-16-4-6-23(28)17-20-5-3-7-24(18-20)32-2/h3,5,7-15,18,23,27H,4,6,16-17H2,1-2H3. The Kier molecular flexibility index (Phi) is 6.70. The molecule has 1 unspecified atom stereocenters. The lowest BCUT2D eigenvalue weighted by Gasteiger charge is -2.25. The van der Waals surface area contributed by atoms with Crippen LogP contribution >= 0.6 is 0 Å². The third-order valence-corrected chi connectivity index (χ3v) is 7.36. The van der Waals surface area contributed by atoms with Crippen molar-refractivity contribution in [3.05, 3.63) is 89.5 Å². The fourth-order valence-corrected chi connectivity index (χ4v) is 5.22. The number of hydrogen-bond acceptors (Lipinski definition) is 4. The smallest absolute Gasteiger partial charge is 0.261 e. The van der Waals surface area contributed by atoms with Gasteiger partial charge < -0.3 is 9.64 Å². The highest BCUT2D eigenvalue weighted by molar-refractivity contribution is 7.92. The molecular formula is C26H28N2O4S. The molecule has 0 saturated carbocycles. The fourth-order valence-electron chi connectivity index (χ4n) is 4.16. The van der Waals surface area contributed by atoms with Gasteiger partial charge in [0.2, 0.25) is 0 Å². The molecule has 0 aromatic heterocycles. The van der Waals surface area contributed by atoms with Crippen molar-refractivity contribution in [2.75, 3.05) is 18.4 Å². The molecule has 0 spiro atoms. The maximum Gasteiger partial charge on any atom is 0.261 e. The molecule has 33 heavy (non-hydrogen) atoms. The number of anilines is 1. The van der Waals surface area contributed by atoms with Gasteiger partial charge in [-0.05, 0) is 80.3 Å². The Bertz CT molecular complexity index is 1220. The van der Waals surface area contributed by atoms with E-state index in [1.54, 1.807) is 31.4 Å². The number of carbonyl (C=O) groups excluding carboxylic acids is 1. The Labute approximate surface area is 195 Å². The topological polar surface area (TPSA) is 75.7 Å². The number of amides is 1. The van der Waals surface area contributed by atoms with E-state index in [4.69, 9.17) is 4.74 Å². The minimum atomic E-state index is -3.73. The predicted molar refractivity (Wildman–Crippen MR) is 129 cm³/mol. The summed E-state index contributed by atoms with van der Waals surface area (Å²) in [5.41, 5.74) is 3.16. The average Bonchev–Trinajstić information content (AvgIpc) is 3.28. The van der Waals surface area contributed by atoms with E-state index in [-0.39, 0.29) is 16.8 Å². The van der Waals surface area contributed by atoms with Crippen molar-refractivity contribution < 1.29 is 17.9 Å². The van der Waals surface area contributed by atoms with Crippen LogP contribution in [-0.4, -0.2) is 38.9 Å². The molecule has 1 saturated heterocycles. The molecule has 1 aliphatic rings. The van der Waals surface area contributed by atoms with Crippen LogP contribution in [0.5, 0.6) is 5.75 Å². The number of nitrogens with one attached hydrogen (secondary N) is 1. The van der Waals surface area contributed by atoms with Crippen LogP contribution in [-0.2, 0) is 16.4 Å². The van der Waals surface area contributed by atoms with Crippen LogP contribution in [0.1, 0.15) is 34.3 Å². The molecule has 1 amide bonds. The lowest BCUT2D eigenvalue weighted by molar-refractivity contribution is 0.0736. The number of benzene rings is 3. The second-order valence-electron chi connectivity index (χ2n) is 8.35. The molecule has 6 nitrogen and oxygen atoms in total. The van der Waals surface area contributed by atoms with Crippen LogP contribution < -0.4 is 9.46 Å². The van der Waals surface area contributed by atoms with Gasteiger partial charge in [0.15, 0.2) is 0 Å². The van der Waals surface area contributed by atoms with Gasteiger partial charge in [-0.2, -0.15) is 0 Å². The van der Waals surface area contributed by atoms with Crippen LogP contribution in [0.2, 0.25) is 0 Å². The van der Waals surface area contributed by atoms with E-state index in [0.717, 1.165) is 36.1 Å². The average molecular weight is 465 g/mol. The van der Waals surface area contributed by atoms with Crippen molar-refractivity contribution in [2.45, 2.75) is 37.1 Å². The van der Waals surface area contributed by atoms with Gasteiger partial charge in [0, 0.05) is 23.8 Å². The molecule has 3 aromatic rings. The minimum absolute atomic E-state index is 0.0733. The molecule has 0 aliphatic carbocycles.